The summed E-state index contributed by atoms with van der Waals surface area (Å²) in [6, 6.07) is 14.2. The molecule has 0 atom stereocenters. The van der Waals surface area contributed by atoms with Crippen LogP contribution in [0.5, 0.6) is 0 Å². The maximum Gasteiger partial charge on any atom is 0.316 e. The number of esters is 1. The Labute approximate surface area is 158 Å². The number of thioether (sulfide) groups is 1. The number of halogens is 1. The van der Waals surface area contributed by atoms with Gasteiger partial charge in [0.25, 0.3) is 5.91 Å². The van der Waals surface area contributed by atoms with Crippen LogP contribution in [0.3, 0.4) is 0 Å². The summed E-state index contributed by atoms with van der Waals surface area (Å²) in [6.45, 7) is 1.61. The SMILES string of the molecule is Cc1cc(Br)ccc1SCC(=O)OCC(=O)Nc1ccc(C#N)cc1. The standard InChI is InChI=1S/C18H15BrN2O3S/c1-12-8-14(19)4-7-16(12)25-11-18(23)24-10-17(22)21-15-5-2-13(9-20)3-6-15/h2-8H,10-11H2,1H3,(H,21,22). The molecule has 2 aromatic carbocycles. The summed E-state index contributed by atoms with van der Waals surface area (Å²) < 4.78 is 5.96. The van der Waals surface area contributed by atoms with Crippen LogP contribution in [0.15, 0.2) is 51.8 Å². The smallest absolute Gasteiger partial charge is 0.316 e. The number of ether oxygens (including phenoxy) is 1. The summed E-state index contributed by atoms with van der Waals surface area (Å²) >= 11 is 4.76. The molecule has 2 rings (SSSR count). The molecule has 0 heterocycles. The molecule has 1 amide bonds. The molecule has 0 aliphatic carbocycles. The first-order valence-corrected chi connectivity index (χ1v) is 9.10. The first kappa shape index (κ1) is 19.0. The third kappa shape index (κ3) is 6.25. The zero-order valence-electron chi connectivity index (χ0n) is 13.4. The van der Waals surface area contributed by atoms with Gasteiger partial charge < -0.3 is 10.1 Å². The second kappa shape index (κ2) is 9.25. The van der Waals surface area contributed by atoms with E-state index < -0.39 is 11.9 Å². The highest BCUT2D eigenvalue weighted by Gasteiger charge is 2.10. The zero-order chi connectivity index (χ0) is 18.2. The number of aryl methyl sites for hydroxylation is 1. The number of nitrogens with zero attached hydrogens (tertiary/aromatic N) is 1. The van der Waals surface area contributed by atoms with E-state index in [1.807, 2.05) is 31.2 Å². The lowest BCUT2D eigenvalue weighted by molar-refractivity contribution is -0.144. The Hall–Kier alpha value is -2.30. The van der Waals surface area contributed by atoms with Crippen LogP contribution in [-0.4, -0.2) is 24.2 Å². The van der Waals surface area contributed by atoms with Crippen LogP contribution in [0.25, 0.3) is 0 Å². The van der Waals surface area contributed by atoms with Gasteiger partial charge in [-0.3, -0.25) is 9.59 Å². The molecule has 5 nitrogen and oxygen atoms in total. The Morgan fingerprint density at radius 3 is 2.60 bits per heavy atom. The Morgan fingerprint density at radius 1 is 1.24 bits per heavy atom. The average Bonchev–Trinajstić information content (AvgIpc) is 2.60. The molecule has 0 saturated heterocycles. The van der Waals surface area contributed by atoms with Gasteiger partial charge in [-0.2, -0.15) is 5.26 Å². The molecule has 1 N–H and O–H groups in total. The van der Waals surface area contributed by atoms with Gasteiger partial charge in [-0.1, -0.05) is 15.9 Å². The van der Waals surface area contributed by atoms with Crippen LogP contribution in [0.4, 0.5) is 5.69 Å². The number of nitrogens with one attached hydrogen (secondary N) is 1. The fourth-order valence-electron chi connectivity index (χ4n) is 1.92. The van der Waals surface area contributed by atoms with Gasteiger partial charge in [-0.25, -0.2) is 0 Å². The Balaban J connectivity index is 1.75. The van der Waals surface area contributed by atoms with Crippen LogP contribution in [-0.2, 0) is 14.3 Å². The van der Waals surface area contributed by atoms with Crippen LogP contribution >= 0.6 is 27.7 Å². The van der Waals surface area contributed by atoms with Gasteiger partial charge in [0.2, 0.25) is 0 Å². The largest absolute Gasteiger partial charge is 0.455 e. The van der Waals surface area contributed by atoms with Gasteiger partial charge in [0.15, 0.2) is 6.61 Å². The molecule has 0 aliphatic rings. The lowest BCUT2D eigenvalue weighted by atomic mass is 10.2. The monoisotopic (exact) mass is 418 g/mol. The number of amides is 1. The van der Waals surface area contributed by atoms with Crippen molar-refractivity contribution in [3.63, 3.8) is 0 Å². The van der Waals surface area contributed by atoms with Crippen molar-refractivity contribution >= 4 is 45.3 Å². The molecule has 7 heteroatoms. The van der Waals surface area contributed by atoms with E-state index in [0.717, 1.165) is 14.9 Å². The Kier molecular flexibility index (Phi) is 7.04. The van der Waals surface area contributed by atoms with Crippen LogP contribution < -0.4 is 5.32 Å². The molecule has 0 bridgehead atoms. The Bertz CT molecular complexity index is 816. The summed E-state index contributed by atoms with van der Waals surface area (Å²) in [5.41, 5.74) is 2.11. The van der Waals surface area contributed by atoms with E-state index in [-0.39, 0.29) is 12.4 Å². The minimum atomic E-state index is -0.456. The topological polar surface area (TPSA) is 79.2 Å². The van der Waals surface area contributed by atoms with Gasteiger partial charge in [-0.15, -0.1) is 11.8 Å². The van der Waals surface area contributed by atoms with Crippen LogP contribution in [0, 0.1) is 18.3 Å². The molecule has 0 saturated carbocycles. The van der Waals surface area contributed by atoms with E-state index in [1.54, 1.807) is 24.3 Å². The summed E-state index contributed by atoms with van der Waals surface area (Å²) in [7, 11) is 0. The maximum absolute atomic E-state index is 11.8. The van der Waals surface area contributed by atoms with Gasteiger partial charge in [0.05, 0.1) is 17.4 Å². The van der Waals surface area contributed by atoms with Crippen molar-refractivity contribution in [3.05, 3.63) is 58.1 Å². The zero-order valence-corrected chi connectivity index (χ0v) is 15.8. The van der Waals surface area contributed by atoms with Crippen LogP contribution in [0.2, 0.25) is 0 Å². The molecule has 25 heavy (non-hydrogen) atoms. The van der Waals surface area contributed by atoms with Gasteiger partial charge >= 0.3 is 5.97 Å². The van der Waals surface area contributed by atoms with Crippen molar-refractivity contribution in [2.75, 3.05) is 17.7 Å². The predicted octanol–water partition coefficient (Wildman–Crippen LogP) is 3.90. The number of carbonyl (C=O) groups is 2. The molecule has 0 unspecified atom stereocenters. The third-order valence-corrected chi connectivity index (χ3v) is 4.79. The normalized spacial score (nSPS) is 9.96. The van der Waals surface area contributed by atoms with Crippen molar-refractivity contribution in [1.29, 1.82) is 5.26 Å². The second-order valence-corrected chi connectivity index (χ2v) is 7.03. The minimum absolute atomic E-state index is 0.132. The van der Waals surface area contributed by atoms with Crippen molar-refractivity contribution in [3.8, 4) is 6.07 Å². The van der Waals surface area contributed by atoms with E-state index in [0.29, 0.717) is 11.3 Å². The van der Waals surface area contributed by atoms with Crippen molar-refractivity contribution < 1.29 is 14.3 Å². The van der Waals surface area contributed by atoms with Crippen molar-refractivity contribution in [2.45, 2.75) is 11.8 Å². The molecular formula is C18H15BrN2O3S. The molecule has 0 aromatic heterocycles. The molecule has 0 aliphatic heterocycles. The number of rotatable bonds is 6. The first-order valence-electron chi connectivity index (χ1n) is 7.32. The molecule has 128 valence electrons. The van der Waals surface area contributed by atoms with Crippen molar-refractivity contribution in [2.24, 2.45) is 0 Å². The summed E-state index contributed by atoms with van der Waals surface area (Å²) in [5.74, 6) is -0.753. The predicted molar refractivity (Wildman–Crippen MR) is 100 cm³/mol. The first-order chi connectivity index (χ1) is 12.0. The molecule has 0 radical (unpaired) electrons. The van der Waals surface area contributed by atoms with E-state index in [9.17, 15) is 9.59 Å². The number of nitriles is 1. The summed E-state index contributed by atoms with van der Waals surface area (Å²) in [5, 5.41) is 11.3. The molecule has 2 aromatic rings. The van der Waals surface area contributed by atoms with E-state index in [4.69, 9.17) is 10.00 Å². The van der Waals surface area contributed by atoms with Crippen molar-refractivity contribution in [1.82, 2.24) is 0 Å². The highest BCUT2D eigenvalue weighted by molar-refractivity contribution is 9.10. The second-order valence-electron chi connectivity index (χ2n) is 5.10. The van der Waals surface area contributed by atoms with E-state index in [2.05, 4.69) is 21.2 Å². The van der Waals surface area contributed by atoms with Crippen LogP contribution in [0.1, 0.15) is 11.1 Å². The van der Waals surface area contributed by atoms with Gasteiger partial charge in [0.1, 0.15) is 0 Å². The lowest BCUT2D eigenvalue weighted by Gasteiger charge is -2.08. The average molecular weight is 419 g/mol. The molecular weight excluding hydrogens is 404 g/mol. The van der Waals surface area contributed by atoms with E-state index >= 15 is 0 Å². The summed E-state index contributed by atoms with van der Waals surface area (Å²) in [6.07, 6.45) is 0. The third-order valence-electron chi connectivity index (χ3n) is 3.14. The molecule has 0 fully saturated rings. The number of anilines is 1. The highest BCUT2D eigenvalue weighted by atomic mass is 79.9. The number of carbonyl (C=O) groups excluding carboxylic acids is 2. The Morgan fingerprint density at radius 2 is 1.96 bits per heavy atom. The minimum Gasteiger partial charge on any atom is -0.455 e. The lowest BCUT2D eigenvalue weighted by Crippen LogP contribution is -2.21. The van der Waals surface area contributed by atoms with E-state index in [1.165, 1.54) is 11.8 Å². The quantitative estimate of drug-likeness (QED) is 0.568. The number of benzene rings is 2. The fourth-order valence-corrected chi connectivity index (χ4v) is 3.21. The van der Waals surface area contributed by atoms with Gasteiger partial charge in [0, 0.05) is 15.1 Å². The molecule has 0 spiro atoms. The number of hydrogen-bond donors (Lipinski definition) is 1. The number of hydrogen-bond acceptors (Lipinski definition) is 5. The van der Waals surface area contributed by atoms with Gasteiger partial charge in [-0.05, 0) is 55.0 Å². The maximum atomic E-state index is 11.8. The fraction of sp³-hybridized carbons (Fsp3) is 0.167. The summed E-state index contributed by atoms with van der Waals surface area (Å²) in [4.78, 5) is 24.5. The highest BCUT2D eigenvalue weighted by Crippen LogP contribution is 2.25.